The van der Waals surface area contributed by atoms with Crippen LogP contribution in [0.1, 0.15) is 16.2 Å². The topological polar surface area (TPSA) is 72.9 Å². The second-order valence-electron chi connectivity index (χ2n) is 3.89. The van der Waals surface area contributed by atoms with Crippen molar-refractivity contribution in [2.45, 2.75) is 6.92 Å². The molecule has 0 aliphatic rings. The van der Waals surface area contributed by atoms with Crippen LogP contribution in [0.5, 0.6) is 0 Å². The van der Waals surface area contributed by atoms with E-state index in [1.165, 1.54) is 0 Å². The van der Waals surface area contributed by atoms with Crippen LogP contribution in [0.3, 0.4) is 0 Å². The molecule has 0 amide bonds. The lowest BCUT2D eigenvalue weighted by atomic mass is 10.2. The van der Waals surface area contributed by atoms with E-state index in [1.807, 2.05) is 6.92 Å². The van der Waals surface area contributed by atoms with Crippen molar-refractivity contribution in [2.75, 3.05) is 0 Å². The number of rotatable bonds is 2. The van der Waals surface area contributed by atoms with Gasteiger partial charge in [0, 0.05) is 12.4 Å². The van der Waals surface area contributed by atoms with Crippen LogP contribution >= 0.6 is 0 Å². The Morgan fingerprint density at radius 1 is 1.39 bits per heavy atom. The molecule has 1 N–H and O–H groups in total. The Morgan fingerprint density at radius 3 is 2.89 bits per heavy atom. The molecule has 0 bridgehead atoms. The molecule has 6 heteroatoms. The highest BCUT2D eigenvalue weighted by Crippen LogP contribution is 2.20. The van der Waals surface area contributed by atoms with E-state index in [-0.39, 0.29) is 5.56 Å². The minimum atomic E-state index is -0.970. The molecule has 0 radical (unpaired) electrons. The largest absolute Gasteiger partial charge is 0.478 e. The van der Waals surface area contributed by atoms with Gasteiger partial charge in [0.1, 0.15) is 17.7 Å². The molecule has 2 aromatic heterocycles. The molecule has 0 aliphatic carbocycles. The Balaban J connectivity index is 2.44. The first-order valence-corrected chi connectivity index (χ1v) is 5.38. The van der Waals surface area contributed by atoms with E-state index in [9.17, 15) is 9.90 Å². The van der Waals surface area contributed by atoms with Gasteiger partial charge >= 0.3 is 5.97 Å². The van der Waals surface area contributed by atoms with Crippen molar-refractivity contribution in [3.63, 3.8) is 0 Å². The quantitative estimate of drug-likeness (QED) is 0.740. The van der Waals surface area contributed by atoms with Crippen molar-refractivity contribution in [1.82, 2.24) is 19.3 Å². The highest BCUT2D eigenvalue weighted by molar-refractivity contribution is 6.01. The van der Waals surface area contributed by atoms with Crippen LogP contribution in [-0.2, 0) is 0 Å². The van der Waals surface area contributed by atoms with Crippen LogP contribution in [0.4, 0.5) is 0 Å². The number of imidazole rings is 2. The molecule has 0 spiro atoms. The third-order valence-corrected chi connectivity index (χ3v) is 2.77. The van der Waals surface area contributed by atoms with Crippen molar-refractivity contribution in [3.8, 4) is 0 Å². The smallest absolute Gasteiger partial charge is 0.337 e. The average Bonchev–Trinajstić information content (AvgIpc) is 2.93. The van der Waals surface area contributed by atoms with Crippen LogP contribution in [-0.4, -0.2) is 30.4 Å². The Bertz CT molecular complexity index is 728. The van der Waals surface area contributed by atoms with Crippen molar-refractivity contribution >= 4 is 17.0 Å². The molecule has 0 aliphatic heterocycles. The summed E-state index contributed by atoms with van der Waals surface area (Å²) in [6, 6.07) is 5.05. The lowest BCUT2D eigenvalue weighted by molar-refractivity contribution is 0.0698. The molecule has 0 unspecified atom stereocenters. The lowest BCUT2D eigenvalue weighted by Crippen LogP contribution is -2.11. The van der Waals surface area contributed by atoms with E-state index in [0.717, 1.165) is 0 Å². The number of nitrogens with zero attached hydrogens (tertiary/aromatic N) is 4. The summed E-state index contributed by atoms with van der Waals surface area (Å²) < 4.78 is 3.43. The van der Waals surface area contributed by atoms with Gasteiger partial charge in [-0.3, -0.25) is 0 Å². The average molecular weight is 242 g/mol. The number of carboxylic acids is 1. The van der Waals surface area contributed by atoms with Gasteiger partial charge in [0.15, 0.2) is 0 Å². The van der Waals surface area contributed by atoms with Gasteiger partial charge in [-0.15, -0.1) is 0 Å². The van der Waals surface area contributed by atoms with Crippen LogP contribution < -0.4 is 0 Å². The Labute approximate surface area is 102 Å². The Kier molecular flexibility index (Phi) is 2.16. The van der Waals surface area contributed by atoms with Crippen molar-refractivity contribution in [3.05, 3.63) is 48.3 Å². The summed E-state index contributed by atoms with van der Waals surface area (Å²) in [6.45, 7) is 1.83. The van der Waals surface area contributed by atoms with Crippen molar-refractivity contribution in [2.24, 2.45) is 0 Å². The number of hydrogen-bond acceptors (Lipinski definition) is 3. The maximum atomic E-state index is 11.3. The number of carboxylic acid groups (broad SMARTS) is 1. The molecule has 6 nitrogen and oxygen atoms in total. The molecule has 3 rings (SSSR count). The third kappa shape index (κ3) is 1.39. The van der Waals surface area contributed by atoms with Crippen molar-refractivity contribution < 1.29 is 9.90 Å². The zero-order chi connectivity index (χ0) is 12.7. The van der Waals surface area contributed by atoms with Crippen LogP contribution in [0.25, 0.3) is 11.0 Å². The number of para-hydroxylation sites is 1. The van der Waals surface area contributed by atoms with E-state index < -0.39 is 5.97 Å². The van der Waals surface area contributed by atoms with Gasteiger partial charge in [0.05, 0.1) is 11.1 Å². The number of aromatic carboxylic acids is 1. The van der Waals surface area contributed by atoms with E-state index >= 15 is 0 Å². The fraction of sp³-hybridized carbons (Fsp3) is 0.0833. The Morgan fingerprint density at radius 2 is 2.22 bits per heavy atom. The highest BCUT2D eigenvalue weighted by atomic mass is 16.4. The first-order chi connectivity index (χ1) is 8.68. The number of aryl methyl sites for hydroxylation is 1. The molecule has 18 heavy (non-hydrogen) atoms. The van der Waals surface area contributed by atoms with Gasteiger partial charge in [0.2, 0.25) is 0 Å². The SMILES string of the molecule is Cc1nc2cccc(C(=O)O)c2n1-n1ccnc1. The maximum Gasteiger partial charge on any atom is 0.337 e. The van der Waals surface area contributed by atoms with Gasteiger partial charge in [0.25, 0.3) is 0 Å². The Hall–Kier alpha value is -2.63. The van der Waals surface area contributed by atoms with E-state index in [4.69, 9.17) is 0 Å². The first-order valence-electron chi connectivity index (χ1n) is 5.38. The summed E-state index contributed by atoms with van der Waals surface area (Å²) in [5, 5.41) is 9.25. The molecular weight excluding hydrogens is 232 g/mol. The summed E-state index contributed by atoms with van der Waals surface area (Å²) in [5.74, 6) is -0.265. The van der Waals surface area contributed by atoms with Gasteiger partial charge in [-0.25, -0.2) is 24.1 Å². The van der Waals surface area contributed by atoms with Crippen LogP contribution in [0, 0.1) is 6.92 Å². The monoisotopic (exact) mass is 242 g/mol. The summed E-state index contributed by atoms with van der Waals surface area (Å²) in [5.41, 5.74) is 1.45. The van der Waals surface area contributed by atoms with Gasteiger partial charge < -0.3 is 5.11 Å². The fourth-order valence-electron chi connectivity index (χ4n) is 2.05. The van der Waals surface area contributed by atoms with Gasteiger partial charge in [-0.1, -0.05) is 6.07 Å². The van der Waals surface area contributed by atoms with E-state index in [1.54, 1.807) is 46.3 Å². The van der Waals surface area contributed by atoms with Crippen LogP contribution in [0.2, 0.25) is 0 Å². The summed E-state index contributed by atoms with van der Waals surface area (Å²) in [7, 11) is 0. The van der Waals surface area contributed by atoms with Gasteiger partial charge in [-0.2, -0.15) is 0 Å². The van der Waals surface area contributed by atoms with Gasteiger partial charge in [-0.05, 0) is 19.1 Å². The number of hydrogen-bond donors (Lipinski definition) is 1. The predicted octanol–water partition coefficient (Wildman–Crippen LogP) is 1.55. The third-order valence-electron chi connectivity index (χ3n) is 2.77. The molecule has 90 valence electrons. The fourth-order valence-corrected chi connectivity index (χ4v) is 2.05. The second-order valence-corrected chi connectivity index (χ2v) is 3.89. The standard InChI is InChI=1S/C12H10N4O2/c1-8-14-10-4-2-3-9(12(17)18)11(10)16(8)15-6-5-13-7-15/h2-7H,1H3,(H,17,18). The number of benzene rings is 1. The first kappa shape index (κ1) is 10.5. The zero-order valence-electron chi connectivity index (χ0n) is 9.61. The minimum Gasteiger partial charge on any atom is -0.478 e. The zero-order valence-corrected chi connectivity index (χ0v) is 9.61. The van der Waals surface area contributed by atoms with E-state index in [2.05, 4.69) is 9.97 Å². The summed E-state index contributed by atoms with van der Waals surface area (Å²) in [4.78, 5) is 19.6. The molecule has 0 saturated carbocycles. The summed E-state index contributed by atoms with van der Waals surface area (Å²) >= 11 is 0. The molecule has 0 saturated heterocycles. The normalized spacial score (nSPS) is 10.9. The maximum absolute atomic E-state index is 11.3. The number of fused-ring (bicyclic) bond motifs is 1. The lowest BCUT2D eigenvalue weighted by Gasteiger charge is -2.08. The molecular formula is C12H10N4O2. The molecule has 0 atom stereocenters. The highest BCUT2D eigenvalue weighted by Gasteiger charge is 2.16. The molecule has 1 aromatic carbocycles. The second kappa shape index (κ2) is 3.69. The molecule has 2 heterocycles. The summed E-state index contributed by atoms with van der Waals surface area (Å²) in [6.07, 6.45) is 4.98. The minimum absolute atomic E-state index is 0.224. The van der Waals surface area contributed by atoms with E-state index in [0.29, 0.717) is 16.9 Å². The van der Waals surface area contributed by atoms with Crippen molar-refractivity contribution in [1.29, 1.82) is 0 Å². The number of aromatic nitrogens is 4. The van der Waals surface area contributed by atoms with Crippen LogP contribution in [0.15, 0.2) is 36.9 Å². The molecule has 0 fully saturated rings. The predicted molar refractivity (Wildman–Crippen MR) is 64.5 cm³/mol. The molecule has 3 aromatic rings. The number of carbonyl (C=O) groups is 1.